The van der Waals surface area contributed by atoms with Crippen LogP contribution in [0.5, 0.6) is 0 Å². The van der Waals surface area contributed by atoms with Crippen molar-refractivity contribution in [2.24, 2.45) is 0 Å². The van der Waals surface area contributed by atoms with E-state index in [0.29, 0.717) is 12.5 Å². The van der Waals surface area contributed by atoms with Crippen LogP contribution in [0.3, 0.4) is 0 Å². The van der Waals surface area contributed by atoms with Crippen molar-refractivity contribution >= 4 is 5.97 Å². The summed E-state index contributed by atoms with van der Waals surface area (Å²) in [6.45, 7) is 2.17. The van der Waals surface area contributed by atoms with Gasteiger partial charge in [0.2, 0.25) is 0 Å². The van der Waals surface area contributed by atoms with Crippen LogP contribution in [0.25, 0.3) is 0 Å². The summed E-state index contributed by atoms with van der Waals surface area (Å²) in [6, 6.07) is 0. The van der Waals surface area contributed by atoms with E-state index in [9.17, 15) is 9.90 Å². The lowest BCUT2D eigenvalue weighted by Crippen LogP contribution is -2.13. The molecule has 1 saturated heterocycles. The highest BCUT2D eigenvalue weighted by Gasteiger charge is 2.37. The van der Waals surface area contributed by atoms with Crippen LogP contribution in [0.15, 0.2) is 0 Å². The van der Waals surface area contributed by atoms with Crippen molar-refractivity contribution in [3.63, 3.8) is 0 Å². The van der Waals surface area contributed by atoms with Gasteiger partial charge in [-0.2, -0.15) is 0 Å². The van der Waals surface area contributed by atoms with Crippen LogP contribution < -0.4 is 0 Å². The van der Waals surface area contributed by atoms with Gasteiger partial charge in [0.25, 0.3) is 0 Å². The second-order valence-electron chi connectivity index (χ2n) is 4.54. The maximum absolute atomic E-state index is 10.3. The highest BCUT2D eigenvalue weighted by Crippen LogP contribution is 2.31. The van der Waals surface area contributed by atoms with Crippen molar-refractivity contribution in [2.75, 3.05) is 0 Å². The third-order valence-electron chi connectivity index (χ3n) is 2.97. The molecule has 16 heavy (non-hydrogen) atoms. The maximum Gasteiger partial charge on any atom is 0.305 e. The highest BCUT2D eigenvalue weighted by molar-refractivity contribution is 5.67. The zero-order valence-corrected chi connectivity index (χ0v) is 9.89. The van der Waals surface area contributed by atoms with E-state index in [1.54, 1.807) is 0 Å². The van der Waals surface area contributed by atoms with E-state index in [-0.39, 0.29) is 12.5 Å². The van der Waals surface area contributed by atoms with Gasteiger partial charge in [-0.3, -0.25) is 4.79 Å². The Bertz CT molecular complexity index is 217. The molecular formula is C12H22O4. The number of aliphatic carboxylic acids is 1. The maximum atomic E-state index is 10.3. The predicted molar refractivity (Wildman–Crippen MR) is 60.3 cm³/mol. The molecule has 0 bridgehead atoms. The van der Waals surface area contributed by atoms with Crippen molar-refractivity contribution in [2.45, 2.75) is 70.2 Å². The number of unbranched alkanes of at least 4 members (excludes halogenated alkanes) is 2. The quantitative estimate of drug-likeness (QED) is 0.469. The molecule has 0 saturated carbocycles. The summed E-state index contributed by atoms with van der Waals surface area (Å²) in [6.07, 6.45) is 5.83. The minimum absolute atomic E-state index is 0.160. The first-order chi connectivity index (χ1) is 7.63. The zero-order valence-electron chi connectivity index (χ0n) is 9.89. The minimum atomic E-state index is -0.941. The molecule has 0 radical (unpaired) electrons. The van der Waals surface area contributed by atoms with E-state index in [0.717, 1.165) is 12.8 Å². The topological polar surface area (TPSA) is 70.1 Å². The van der Waals surface area contributed by atoms with E-state index < -0.39 is 12.1 Å². The Morgan fingerprint density at radius 2 is 2.00 bits per heavy atom. The molecule has 1 aliphatic heterocycles. The second-order valence-corrected chi connectivity index (χ2v) is 4.54. The summed E-state index contributed by atoms with van der Waals surface area (Å²) in [7, 11) is 0. The van der Waals surface area contributed by atoms with Gasteiger partial charge in [-0.1, -0.05) is 26.2 Å². The molecule has 3 atom stereocenters. The summed E-state index contributed by atoms with van der Waals surface area (Å²) in [5, 5.41) is 17.8. The van der Waals surface area contributed by atoms with Gasteiger partial charge in [-0.05, 0) is 19.3 Å². The van der Waals surface area contributed by atoms with Crippen molar-refractivity contribution in [1.82, 2.24) is 0 Å². The molecule has 2 unspecified atom stereocenters. The normalized spacial score (nSPS) is 25.4. The van der Waals surface area contributed by atoms with E-state index in [1.165, 1.54) is 19.3 Å². The van der Waals surface area contributed by atoms with Crippen molar-refractivity contribution in [3.05, 3.63) is 0 Å². The molecule has 0 aromatic heterocycles. The molecule has 94 valence electrons. The molecule has 1 heterocycles. The fourth-order valence-electron chi connectivity index (χ4n) is 1.94. The molecular weight excluding hydrogens is 208 g/mol. The zero-order chi connectivity index (χ0) is 12.0. The van der Waals surface area contributed by atoms with Crippen LogP contribution in [0.4, 0.5) is 0 Å². The number of carbonyl (C=O) groups is 1. The molecule has 1 fully saturated rings. The number of rotatable bonds is 9. The minimum Gasteiger partial charge on any atom is -0.481 e. The number of carboxylic acid groups (broad SMARTS) is 1. The van der Waals surface area contributed by atoms with Crippen LogP contribution in [0.2, 0.25) is 0 Å². The molecule has 2 N–H and O–H groups in total. The number of carboxylic acids is 1. The largest absolute Gasteiger partial charge is 0.481 e. The summed E-state index contributed by atoms with van der Waals surface area (Å²) in [5.41, 5.74) is 0. The third kappa shape index (κ3) is 5.47. The molecule has 1 aliphatic rings. The van der Waals surface area contributed by atoms with Crippen molar-refractivity contribution in [3.8, 4) is 0 Å². The Hall–Kier alpha value is -0.610. The van der Waals surface area contributed by atoms with Gasteiger partial charge in [-0.15, -0.1) is 0 Å². The van der Waals surface area contributed by atoms with Crippen LogP contribution in [-0.2, 0) is 9.53 Å². The standard InChI is InChI=1S/C12H22O4/c1-2-3-4-5-10-11(16-10)7-6-9(13)8-12(14)15/h9-11,13H,2-8H2,1H3,(H,14,15)/t9?,10?,11-/m1/s1. The summed E-state index contributed by atoms with van der Waals surface area (Å²) < 4.78 is 5.46. The molecule has 0 spiro atoms. The predicted octanol–water partition coefficient (Wildman–Crippen LogP) is 1.95. The first-order valence-corrected chi connectivity index (χ1v) is 6.18. The Balaban J connectivity index is 1.97. The summed E-state index contributed by atoms with van der Waals surface area (Å²) in [4.78, 5) is 10.3. The SMILES string of the molecule is CCCCCC1O[C@@H]1CCC(O)CC(=O)O. The Morgan fingerprint density at radius 1 is 1.31 bits per heavy atom. The van der Waals surface area contributed by atoms with Gasteiger partial charge in [0.15, 0.2) is 0 Å². The molecule has 4 heteroatoms. The lowest BCUT2D eigenvalue weighted by Gasteiger charge is -2.05. The number of ether oxygens (including phenoxy) is 1. The number of hydrogen-bond donors (Lipinski definition) is 2. The summed E-state index contributed by atoms with van der Waals surface area (Å²) in [5.74, 6) is -0.941. The van der Waals surface area contributed by atoms with Crippen LogP contribution in [0.1, 0.15) is 51.9 Å². The first kappa shape index (κ1) is 13.5. The molecule has 0 amide bonds. The van der Waals surface area contributed by atoms with E-state index in [1.807, 2.05) is 0 Å². The smallest absolute Gasteiger partial charge is 0.305 e. The highest BCUT2D eigenvalue weighted by atomic mass is 16.6. The molecule has 0 aromatic carbocycles. The van der Waals surface area contributed by atoms with Crippen LogP contribution in [0, 0.1) is 0 Å². The van der Waals surface area contributed by atoms with Gasteiger partial charge in [0.05, 0.1) is 24.7 Å². The van der Waals surface area contributed by atoms with Crippen LogP contribution in [-0.4, -0.2) is 34.5 Å². The lowest BCUT2D eigenvalue weighted by molar-refractivity contribution is -0.139. The van der Waals surface area contributed by atoms with Gasteiger partial charge >= 0.3 is 5.97 Å². The van der Waals surface area contributed by atoms with Crippen molar-refractivity contribution in [1.29, 1.82) is 0 Å². The Kier molecular flexibility index (Phi) is 5.77. The second kappa shape index (κ2) is 6.86. The average molecular weight is 230 g/mol. The molecule has 4 nitrogen and oxygen atoms in total. The monoisotopic (exact) mass is 230 g/mol. The third-order valence-corrected chi connectivity index (χ3v) is 2.97. The van der Waals surface area contributed by atoms with E-state index >= 15 is 0 Å². The number of aliphatic hydroxyl groups is 1. The first-order valence-electron chi connectivity index (χ1n) is 6.18. The Morgan fingerprint density at radius 3 is 2.62 bits per heavy atom. The van der Waals surface area contributed by atoms with Gasteiger partial charge in [-0.25, -0.2) is 0 Å². The van der Waals surface area contributed by atoms with Gasteiger partial charge < -0.3 is 14.9 Å². The number of epoxide rings is 1. The van der Waals surface area contributed by atoms with Gasteiger partial charge in [0, 0.05) is 0 Å². The molecule has 1 rings (SSSR count). The van der Waals surface area contributed by atoms with Gasteiger partial charge in [0.1, 0.15) is 0 Å². The van der Waals surface area contributed by atoms with Crippen molar-refractivity contribution < 1.29 is 19.7 Å². The van der Waals surface area contributed by atoms with E-state index in [2.05, 4.69) is 6.92 Å². The molecule has 0 aliphatic carbocycles. The number of hydrogen-bond acceptors (Lipinski definition) is 3. The van der Waals surface area contributed by atoms with Crippen LogP contribution >= 0.6 is 0 Å². The average Bonchev–Trinajstić information content (AvgIpc) is 2.93. The van der Waals surface area contributed by atoms with E-state index in [4.69, 9.17) is 9.84 Å². The summed E-state index contributed by atoms with van der Waals surface area (Å²) >= 11 is 0. The fourth-order valence-corrected chi connectivity index (χ4v) is 1.94. The molecule has 0 aromatic rings. The lowest BCUT2D eigenvalue weighted by atomic mass is 10.1. The fraction of sp³-hybridized carbons (Fsp3) is 0.917. The number of aliphatic hydroxyl groups excluding tert-OH is 1. The Labute approximate surface area is 96.6 Å².